The summed E-state index contributed by atoms with van der Waals surface area (Å²) >= 11 is 0. The molecule has 1 aliphatic carbocycles. The van der Waals surface area contributed by atoms with Crippen molar-refractivity contribution in [3.63, 3.8) is 0 Å². The van der Waals surface area contributed by atoms with Crippen LogP contribution in [-0.2, 0) is 0 Å². The fraction of sp³-hybridized carbons (Fsp3) is 0.500. The molecule has 36 heavy (non-hydrogen) atoms. The standard InChI is InChI=1S/C28H31F7O/c1-2-3-4-5-19-6-8-20(9-7-19)10-11-21-12-14-22(15-13-21)23-16-17-25(24(29)18-23)36-28(34,35)26(30)27(31,32)33/h10-20,26H,2-9H2,1H3/b11-10+. The van der Waals surface area contributed by atoms with Crippen LogP contribution in [0.1, 0.15) is 63.9 Å². The van der Waals surface area contributed by atoms with E-state index in [9.17, 15) is 30.7 Å². The summed E-state index contributed by atoms with van der Waals surface area (Å²) in [6, 6.07) is 9.99. The van der Waals surface area contributed by atoms with Crippen LogP contribution in [0.15, 0.2) is 48.5 Å². The summed E-state index contributed by atoms with van der Waals surface area (Å²) in [6.07, 6.45) is -1.32. The Morgan fingerprint density at radius 3 is 2.14 bits per heavy atom. The van der Waals surface area contributed by atoms with E-state index in [-0.39, 0.29) is 0 Å². The van der Waals surface area contributed by atoms with E-state index in [1.807, 2.05) is 12.1 Å². The van der Waals surface area contributed by atoms with Gasteiger partial charge in [0.25, 0.3) is 6.17 Å². The lowest BCUT2D eigenvalue weighted by Crippen LogP contribution is -2.45. The summed E-state index contributed by atoms with van der Waals surface area (Å²) in [7, 11) is 0. The van der Waals surface area contributed by atoms with Gasteiger partial charge in [-0.25, -0.2) is 8.78 Å². The van der Waals surface area contributed by atoms with E-state index in [0.29, 0.717) is 17.0 Å². The molecule has 2 aromatic carbocycles. The van der Waals surface area contributed by atoms with Gasteiger partial charge in [-0.3, -0.25) is 0 Å². The van der Waals surface area contributed by atoms with Crippen LogP contribution < -0.4 is 4.74 Å². The number of hydrogen-bond donors (Lipinski definition) is 0. The predicted molar refractivity (Wildman–Crippen MR) is 127 cm³/mol. The van der Waals surface area contributed by atoms with E-state index in [1.165, 1.54) is 57.4 Å². The number of rotatable bonds is 10. The van der Waals surface area contributed by atoms with Crippen LogP contribution in [0.5, 0.6) is 5.75 Å². The first-order chi connectivity index (χ1) is 17.0. The molecule has 0 aromatic heterocycles. The highest BCUT2D eigenvalue weighted by molar-refractivity contribution is 5.66. The number of ether oxygens (including phenoxy) is 1. The Kier molecular flexibility index (Phi) is 9.47. The molecule has 1 unspecified atom stereocenters. The van der Waals surface area contributed by atoms with Crippen LogP contribution in [0.2, 0.25) is 0 Å². The highest BCUT2D eigenvalue weighted by Crippen LogP contribution is 2.38. The van der Waals surface area contributed by atoms with Crippen LogP contribution >= 0.6 is 0 Å². The first-order valence-electron chi connectivity index (χ1n) is 12.4. The number of allylic oxidation sites excluding steroid dienone is 1. The zero-order valence-corrected chi connectivity index (χ0v) is 20.1. The first kappa shape index (κ1) is 28.1. The maximum atomic E-state index is 14.3. The van der Waals surface area contributed by atoms with E-state index in [1.54, 1.807) is 12.1 Å². The second-order valence-corrected chi connectivity index (χ2v) is 9.47. The Hall–Kier alpha value is -2.51. The molecule has 0 aliphatic heterocycles. The topological polar surface area (TPSA) is 9.23 Å². The van der Waals surface area contributed by atoms with Gasteiger partial charge in [-0.1, -0.05) is 75.1 Å². The molecule has 8 heteroatoms. The molecule has 0 N–H and O–H groups in total. The molecule has 0 heterocycles. The molecular formula is C28H31F7O. The lowest BCUT2D eigenvalue weighted by molar-refractivity contribution is -0.305. The van der Waals surface area contributed by atoms with Crippen LogP contribution in [0, 0.1) is 17.7 Å². The van der Waals surface area contributed by atoms with Gasteiger partial charge >= 0.3 is 12.3 Å². The van der Waals surface area contributed by atoms with E-state index in [2.05, 4.69) is 23.8 Å². The van der Waals surface area contributed by atoms with Crippen LogP contribution in [0.25, 0.3) is 17.2 Å². The van der Waals surface area contributed by atoms with Gasteiger partial charge in [-0.2, -0.15) is 22.0 Å². The SMILES string of the molecule is CCCCCC1CCC(/C=C/c2ccc(-c3ccc(OC(F)(F)C(F)C(F)(F)F)c(F)c3)cc2)CC1. The van der Waals surface area contributed by atoms with Gasteiger partial charge in [-0.05, 0) is 66.3 Å². The third-order valence-electron chi connectivity index (χ3n) is 6.67. The molecule has 1 aliphatic rings. The predicted octanol–water partition coefficient (Wildman–Crippen LogP) is 9.76. The third-order valence-corrected chi connectivity index (χ3v) is 6.67. The smallest absolute Gasteiger partial charge is 0.427 e. The summed E-state index contributed by atoms with van der Waals surface area (Å²) in [6.45, 7) is 2.22. The molecular weight excluding hydrogens is 485 g/mol. The second kappa shape index (κ2) is 12.2. The number of alkyl halides is 6. The summed E-state index contributed by atoms with van der Waals surface area (Å²) in [4.78, 5) is 0. The molecule has 1 nitrogen and oxygen atoms in total. The van der Waals surface area contributed by atoms with Crippen LogP contribution in [0.4, 0.5) is 30.7 Å². The number of hydrogen-bond acceptors (Lipinski definition) is 1. The molecule has 3 rings (SSSR count). The Morgan fingerprint density at radius 2 is 1.56 bits per heavy atom. The molecule has 1 atom stereocenters. The molecule has 1 fully saturated rings. The third kappa shape index (κ3) is 7.74. The quantitative estimate of drug-likeness (QED) is 0.226. The average molecular weight is 517 g/mol. The minimum atomic E-state index is -5.84. The van der Waals surface area contributed by atoms with Crippen molar-refractivity contribution in [3.8, 4) is 16.9 Å². The van der Waals surface area contributed by atoms with Crippen molar-refractivity contribution in [2.45, 2.75) is 76.7 Å². The minimum Gasteiger partial charge on any atom is -0.427 e. The van der Waals surface area contributed by atoms with Gasteiger partial charge in [0.05, 0.1) is 0 Å². The first-order valence-corrected chi connectivity index (χ1v) is 12.4. The van der Waals surface area contributed by atoms with Crippen molar-refractivity contribution in [3.05, 3.63) is 59.9 Å². The van der Waals surface area contributed by atoms with Crippen molar-refractivity contribution in [1.29, 1.82) is 0 Å². The van der Waals surface area contributed by atoms with E-state index < -0.39 is 30.0 Å². The Labute approximate surface area is 207 Å². The van der Waals surface area contributed by atoms with Crippen molar-refractivity contribution in [2.75, 3.05) is 0 Å². The highest BCUT2D eigenvalue weighted by Gasteiger charge is 2.59. The summed E-state index contributed by atoms with van der Waals surface area (Å²) in [5.74, 6) is -1.11. The molecule has 0 radical (unpaired) electrons. The zero-order valence-electron chi connectivity index (χ0n) is 20.1. The maximum Gasteiger partial charge on any atom is 0.439 e. The minimum absolute atomic E-state index is 0.313. The second-order valence-electron chi connectivity index (χ2n) is 9.47. The zero-order chi connectivity index (χ0) is 26.3. The van der Waals surface area contributed by atoms with E-state index in [0.717, 1.165) is 23.6 Å². The fourth-order valence-corrected chi connectivity index (χ4v) is 4.54. The van der Waals surface area contributed by atoms with Crippen molar-refractivity contribution in [1.82, 2.24) is 0 Å². The summed E-state index contributed by atoms with van der Waals surface area (Å²) < 4.78 is 94.7. The lowest BCUT2D eigenvalue weighted by Gasteiger charge is -2.26. The average Bonchev–Trinajstić information content (AvgIpc) is 2.84. The van der Waals surface area contributed by atoms with Crippen molar-refractivity contribution >= 4 is 6.08 Å². The molecule has 0 bridgehead atoms. The van der Waals surface area contributed by atoms with Crippen molar-refractivity contribution < 1.29 is 35.5 Å². The van der Waals surface area contributed by atoms with E-state index >= 15 is 0 Å². The molecule has 0 spiro atoms. The fourth-order valence-electron chi connectivity index (χ4n) is 4.54. The van der Waals surface area contributed by atoms with Gasteiger partial charge in [0, 0.05) is 0 Å². The molecule has 0 amide bonds. The van der Waals surface area contributed by atoms with Crippen molar-refractivity contribution in [2.24, 2.45) is 11.8 Å². The van der Waals surface area contributed by atoms with Crippen LogP contribution in [-0.4, -0.2) is 18.5 Å². The number of halogens is 7. The Balaban J connectivity index is 1.58. The Bertz CT molecular complexity index is 990. The normalized spacial score (nSPS) is 20.0. The van der Waals surface area contributed by atoms with Gasteiger partial charge < -0.3 is 4.74 Å². The molecule has 2 aromatic rings. The highest BCUT2D eigenvalue weighted by atomic mass is 19.4. The molecule has 1 saturated carbocycles. The van der Waals surface area contributed by atoms with E-state index in [4.69, 9.17) is 0 Å². The molecule has 0 saturated heterocycles. The summed E-state index contributed by atoms with van der Waals surface area (Å²) in [5.41, 5.74) is 1.85. The maximum absolute atomic E-state index is 14.3. The van der Waals surface area contributed by atoms with Gasteiger partial charge in [0.1, 0.15) is 0 Å². The van der Waals surface area contributed by atoms with Gasteiger partial charge in [-0.15, -0.1) is 0 Å². The Morgan fingerprint density at radius 1 is 0.917 bits per heavy atom. The molecule has 198 valence electrons. The monoisotopic (exact) mass is 516 g/mol. The van der Waals surface area contributed by atoms with Crippen LogP contribution in [0.3, 0.4) is 0 Å². The lowest BCUT2D eigenvalue weighted by atomic mass is 9.79. The van der Waals surface area contributed by atoms with Gasteiger partial charge in [0.15, 0.2) is 11.6 Å². The number of benzene rings is 2. The van der Waals surface area contributed by atoms with Gasteiger partial charge in [0.2, 0.25) is 0 Å². The number of unbranched alkanes of at least 4 members (excludes halogenated alkanes) is 2. The summed E-state index contributed by atoms with van der Waals surface area (Å²) in [5, 5.41) is 0. The largest absolute Gasteiger partial charge is 0.439 e.